The number of nitrogens with one attached hydrogen (secondary N) is 3. The minimum Gasteiger partial charge on any atom is -0.489 e. The van der Waals surface area contributed by atoms with Crippen LogP contribution in [0.5, 0.6) is 5.75 Å². The lowest BCUT2D eigenvalue weighted by Gasteiger charge is -2.40. The van der Waals surface area contributed by atoms with E-state index >= 15 is 0 Å². The fourth-order valence-electron chi connectivity index (χ4n) is 6.08. The first-order valence-electron chi connectivity index (χ1n) is 16.1. The Kier molecular flexibility index (Phi) is 11.5. The average molecular weight is 634 g/mol. The third kappa shape index (κ3) is 8.05. The molecule has 2 aromatic heterocycles. The van der Waals surface area contributed by atoms with Crippen LogP contribution in [0.15, 0.2) is 54.7 Å². The van der Waals surface area contributed by atoms with E-state index in [1.165, 1.54) is 38.8 Å². The van der Waals surface area contributed by atoms with E-state index in [1.54, 1.807) is 14.2 Å². The van der Waals surface area contributed by atoms with Crippen molar-refractivity contribution in [3.05, 3.63) is 54.7 Å². The summed E-state index contributed by atoms with van der Waals surface area (Å²) >= 11 is 0. The van der Waals surface area contributed by atoms with Gasteiger partial charge < -0.3 is 39.2 Å². The number of H-pyrrole nitrogens is 1. The van der Waals surface area contributed by atoms with Crippen LogP contribution in [0.3, 0.4) is 0 Å². The minimum absolute atomic E-state index is 0.0493. The molecule has 242 valence electrons. The van der Waals surface area contributed by atoms with Crippen LogP contribution in [0.1, 0.15) is 53.4 Å². The van der Waals surface area contributed by atoms with Crippen molar-refractivity contribution in [1.29, 1.82) is 0 Å². The highest BCUT2D eigenvalue weighted by molar-refractivity contribution is 7.56. The molecule has 1 aliphatic heterocycles. The van der Waals surface area contributed by atoms with Crippen LogP contribution in [0.2, 0.25) is 0 Å². The molecule has 1 aliphatic rings. The van der Waals surface area contributed by atoms with Crippen molar-refractivity contribution in [2.45, 2.75) is 65.5 Å². The van der Waals surface area contributed by atoms with Crippen LogP contribution < -0.4 is 25.6 Å². The van der Waals surface area contributed by atoms with Crippen LogP contribution >= 0.6 is 8.38 Å². The normalized spacial score (nSPS) is 14.2. The molecule has 3 N–H and O–H groups in total. The van der Waals surface area contributed by atoms with E-state index in [0.717, 1.165) is 52.2 Å². The van der Waals surface area contributed by atoms with Gasteiger partial charge in [0, 0.05) is 51.3 Å². The van der Waals surface area contributed by atoms with Crippen molar-refractivity contribution < 1.29 is 13.8 Å². The Bertz CT molecular complexity index is 1510. The third-order valence-corrected chi connectivity index (χ3v) is 9.47. The van der Waals surface area contributed by atoms with Gasteiger partial charge in [-0.15, -0.1) is 0 Å². The Hall–Kier alpha value is -3.43. The summed E-state index contributed by atoms with van der Waals surface area (Å²) in [7, 11) is 2.08. The number of benzene rings is 2. The summed E-state index contributed by atoms with van der Waals surface area (Å²) in [4.78, 5) is 18.1. The highest BCUT2D eigenvalue weighted by Gasteiger charge is 2.26. The van der Waals surface area contributed by atoms with Gasteiger partial charge >= 0.3 is 0 Å². The molecule has 0 saturated carbocycles. The number of aromatic nitrogens is 3. The lowest BCUT2D eigenvalue weighted by atomic mass is 10.0. The Morgan fingerprint density at radius 3 is 2.40 bits per heavy atom. The smallest absolute Gasteiger partial charge is 0.231 e. The molecule has 0 aliphatic carbocycles. The summed E-state index contributed by atoms with van der Waals surface area (Å²) in [5.74, 6) is 2.02. The second kappa shape index (κ2) is 15.7. The first-order valence-corrected chi connectivity index (χ1v) is 17.3. The number of nitrogens with zero attached hydrogens (tertiary/aromatic N) is 4. The van der Waals surface area contributed by atoms with Crippen molar-refractivity contribution in [1.82, 2.24) is 19.9 Å². The molecule has 0 unspecified atom stereocenters. The van der Waals surface area contributed by atoms with E-state index in [2.05, 4.69) is 71.3 Å². The van der Waals surface area contributed by atoms with Crippen molar-refractivity contribution in [3.8, 4) is 5.75 Å². The second-order valence-corrected chi connectivity index (χ2v) is 13.4. The van der Waals surface area contributed by atoms with Crippen molar-refractivity contribution in [3.63, 3.8) is 0 Å². The topological polar surface area (TPSA) is 99.8 Å². The largest absolute Gasteiger partial charge is 0.489 e. The van der Waals surface area contributed by atoms with Crippen molar-refractivity contribution in [2.24, 2.45) is 0 Å². The van der Waals surface area contributed by atoms with E-state index in [-0.39, 0.29) is 6.10 Å². The molecule has 45 heavy (non-hydrogen) atoms. The quantitative estimate of drug-likeness (QED) is 0.115. The van der Waals surface area contributed by atoms with Crippen LogP contribution in [0.4, 0.5) is 28.8 Å². The van der Waals surface area contributed by atoms with E-state index in [4.69, 9.17) is 23.8 Å². The number of rotatable bonds is 15. The number of ether oxygens (including phenoxy) is 1. The fraction of sp³-hybridized carbons (Fsp3) is 0.471. The minimum atomic E-state index is -1.23. The highest BCUT2D eigenvalue weighted by Crippen LogP contribution is 2.39. The van der Waals surface area contributed by atoms with Gasteiger partial charge in [0.25, 0.3) is 0 Å². The number of anilines is 5. The number of hydrogen-bond donors (Lipinski definition) is 3. The van der Waals surface area contributed by atoms with Gasteiger partial charge in [0.05, 0.1) is 28.2 Å². The zero-order chi connectivity index (χ0) is 31.8. The predicted octanol–water partition coefficient (Wildman–Crippen LogP) is 7.55. The summed E-state index contributed by atoms with van der Waals surface area (Å²) in [5, 5.41) is 8.76. The summed E-state index contributed by atoms with van der Waals surface area (Å²) in [6.45, 7) is 13.1. The van der Waals surface area contributed by atoms with Gasteiger partial charge in [0.1, 0.15) is 17.2 Å². The van der Waals surface area contributed by atoms with Crippen LogP contribution in [0, 0.1) is 0 Å². The molecule has 3 heterocycles. The Balaban J connectivity index is 1.38. The molecule has 10 nitrogen and oxygen atoms in total. The van der Waals surface area contributed by atoms with Crippen molar-refractivity contribution in [2.75, 3.05) is 55.9 Å². The van der Waals surface area contributed by atoms with Gasteiger partial charge in [-0.3, -0.25) is 0 Å². The third-order valence-electron chi connectivity index (χ3n) is 8.02. The molecule has 1 saturated heterocycles. The van der Waals surface area contributed by atoms with Gasteiger partial charge in [0.2, 0.25) is 14.3 Å². The number of fused-ring (bicyclic) bond motifs is 1. The summed E-state index contributed by atoms with van der Waals surface area (Å²) < 4.78 is 17.6. The number of para-hydroxylation sites is 1. The SMILES string of the molecule is CCCN(CCC)C1CCN(c2ccc(Nc3nc(Nc4ccccc4P(OC)OC)c4cc[nH]c4n3)cc2OC(C)C)CC1. The van der Waals surface area contributed by atoms with Crippen LogP contribution in [0.25, 0.3) is 11.0 Å². The number of hydrogen-bond acceptors (Lipinski definition) is 9. The van der Waals surface area contributed by atoms with Gasteiger partial charge in [-0.1, -0.05) is 26.0 Å². The molecule has 1 fully saturated rings. The van der Waals surface area contributed by atoms with E-state index in [0.29, 0.717) is 17.8 Å². The molecule has 0 bridgehead atoms. The number of aromatic amines is 1. The van der Waals surface area contributed by atoms with E-state index in [9.17, 15) is 0 Å². The summed E-state index contributed by atoms with van der Waals surface area (Å²) in [5.41, 5.74) is 3.60. The monoisotopic (exact) mass is 633 g/mol. The van der Waals surface area contributed by atoms with Crippen LogP contribution in [-0.2, 0) is 9.05 Å². The molecule has 5 rings (SSSR count). The highest BCUT2D eigenvalue weighted by atomic mass is 31.2. The lowest BCUT2D eigenvalue weighted by molar-refractivity contribution is 0.168. The average Bonchev–Trinajstić information content (AvgIpc) is 3.52. The summed E-state index contributed by atoms with van der Waals surface area (Å²) in [6.07, 6.45) is 6.66. The Morgan fingerprint density at radius 1 is 0.978 bits per heavy atom. The second-order valence-electron chi connectivity index (χ2n) is 11.6. The van der Waals surface area contributed by atoms with Crippen LogP contribution in [-0.4, -0.2) is 72.4 Å². The van der Waals surface area contributed by atoms with Gasteiger partial charge in [0.15, 0.2) is 0 Å². The zero-order valence-electron chi connectivity index (χ0n) is 27.5. The first-order chi connectivity index (χ1) is 21.9. The maximum atomic E-state index is 6.37. The zero-order valence-corrected chi connectivity index (χ0v) is 28.4. The van der Waals surface area contributed by atoms with Gasteiger partial charge in [-0.05, 0) is 83.0 Å². The molecular formula is C34H48N7O3P. The molecule has 0 atom stereocenters. The summed E-state index contributed by atoms with van der Waals surface area (Å²) in [6, 6.07) is 16.9. The number of piperidine rings is 1. The standard InChI is InChI=1S/C34H48N7O3P/c1-7-19-40(20-8-2)26-16-21-41(22-17-26)29-14-13-25(23-30(29)44-24(3)4)36-34-38-32-27(15-18-35-32)33(39-34)37-28-11-9-10-12-31(28)45(42-5)43-6/h9-15,18,23-24,26H,7-8,16-17,19-22H2,1-6H3,(H3,35,36,37,38,39). The molecule has 11 heteroatoms. The molecular weight excluding hydrogens is 585 g/mol. The molecule has 0 radical (unpaired) electrons. The fourth-order valence-corrected chi connectivity index (χ4v) is 7.16. The van der Waals surface area contributed by atoms with Crippen molar-refractivity contribution >= 4 is 53.5 Å². The lowest BCUT2D eigenvalue weighted by Crippen LogP contribution is -2.45. The van der Waals surface area contributed by atoms with E-state index < -0.39 is 8.38 Å². The predicted molar refractivity (Wildman–Crippen MR) is 187 cm³/mol. The molecule has 0 amide bonds. The Morgan fingerprint density at radius 2 is 1.71 bits per heavy atom. The maximum Gasteiger partial charge on any atom is 0.231 e. The molecule has 2 aromatic carbocycles. The molecule has 0 spiro atoms. The maximum absolute atomic E-state index is 6.37. The van der Waals surface area contributed by atoms with E-state index in [1.807, 2.05) is 36.5 Å². The molecule has 4 aromatic rings. The Labute approximate surface area is 268 Å². The van der Waals surface area contributed by atoms with Gasteiger partial charge in [-0.2, -0.15) is 9.97 Å². The van der Waals surface area contributed by atoms with Gasteiger partial charge in [-0.25, -0.2) is 0 Å². The first kappa shape index (κ1) is 32.9.